The van der Waals surface area contributed by atoms with Crippen molar-refractivity contribution < 1.29 is 13.2 Å². The van der Waals surface area contributed by atoms with Crippen molar-refractivity contribution in [2.24, 2.45) is 0 Å². The van der Waals surface area contributed by atoms with E-state index in [1.165, 1.54) is 0 Å². The van der Waals surface area contributed by atoms with Crippen molar-refractivity contribution in [3.05, 3.63) is 17.5 Å². The number of halogens is 3. The summed E-state index contributed by atoms with van der Waals surface area (Å²) in [5, 5.41) is 7.55. The molecule has 6 heteroatoms. The minimum Gasteiger partial charge on any atom is -0.314 e. The summed E-state index contributed by atoms with van der Waals surface area (Å²) >= 11 is 0. The molecule has 3 nitrogen and oxygen atoms in total. The molecule has 0 aromatic carbocycles. The number of nitrogens with one attached hydrogen (secondary N) is 1. The second kappa shape index (κ2) is 7.67. The third-order valence-electron chi connectivity index (χ3n) is 3.20. The Hall–Kier alpha value is -1.04. The number of hydrogen-bond donors (Lipinski definition) is 1. The molecule has 0 fully saturated rings. The lowest BCUT2D eigenvalue weighted by Gasteiger charge is -2.19. The molecule has 1 atom stereocenters. The van der Waals surface area contributed by atoms with Crippen LogP contribution in [0.4, 0.5) is 13.2 Å². The van der Waals surface area contributed by atoms with Gasteiger partial charge >= 0.3 is 6.18 Å². The molecular weight excluding hydrogens is 267 g/mol. The number of nitrogens with zero attached hydrogens (tertiary/aromatic N) is 2. The Morgan fingerprint density at radius 1 is 1.35 bits per heavy atom. The van der Waals surface area contributed by atoms with Gasteiger partial charge in [0.15, 0.2) is 0 Å². The SMILES string of the molecule is CCCNC(CCC(F)(F)F)Cc1cc(C)nn1CC. The first kappa shape index (κ1) is 17.0. The zero-order valence-corrected chi connectivity index (χ0v) is 12.4. The van der Waals surface area contributed by atoms with Gasteiger partial charge in [0, 0.05) is 31.1 Å². The van der Waals surface area contributed by atoms with Crippen LogP contribution >= 0.6 is 0 Å². The largest absolute Gasteiger partial charge is 0.389 e. The molecule has 0 spiro atoms. The second-order valence-corrected chi connectivity index (χ2v) is 5.10. The highest BCUT2D eigenvalue weighted by Gasteiger charge is 2.28. The fraction of sp³-hybridized carbons (Fsp3) is 0.786. The molecule has 20 heavy (non-hydrogen) atoms. The third-order valence-corrected chi connectivity index (χ3v) is 3.20. The van der Waals surface area contributed by atoms with Gasteiger partial charge in [-0.05, 0) is 39.3 Å². The number of hydrogen-bond acceptors (Lipinski definition) is 2. The van der Waals surface area contributed by atoms with Crippen LogP contribution in [0.2, 0.25) is 0 Å². The van der Waals surface area contributed by atoms with Crippen LogP contribution in [-0.4, -0.2) is 28.5 Å². The average molecular weight is 291 g/mol. The zero-order chi connectivity index (χ0) is 15.2. The first-order chi connectivity index (χ1) is 9.35. The van der Waals surface area contributed by atoms with Crippen LogP contribution < -0.4 is 5.32 Å². The fourth-order valence-electron chi connectivity index (χ4n) is 2.25. The summed E-state index contributed by atoms with van der Waals surface area (Å²) in [5.74, 6) is 0. The molecule has 1 aromatic rings. The Bertz CT molecular complexity index is 399. The lowest BCUT2D eigenvalue weighted by Crippen LogP contribution is -2.33. The third kappa shape index (κ3) is 5.94. The van der Waals surface area contributed by atoms with Gasteiger partial charge in [-0.2, -0.15) is 18.3 Å². The molecule has 0 radical (unpaired) electrons. The lowest BCUT2D eigenvalue weighted by molar-refractivity contribution is -0.136. The molecule has 116 valence electrons. The highest BCUT2D eigenvalue weighted by molar-refractivity contribution is 5.10. The summed E-state index contributed by atoms with van der Waals surface area (Å²) in [4.78, 5) is 0. The number of rotatable bonds is 8. The van der Waals surface area contributed by atoms with E-state index in [4.69, 9.17) is 0 Å². The molecule has 0 saturated carbocycles. The molecule has 0 aliphatic carbocycles. The fourth-order valence-corrected chi connectivity index (χ4v) is 2.25. The minimum atomic E-state index is -4.09. The van der Waals surface area contributed by atoms with E-state index in [0.29, 0.717) is 6.42 Å². The second-order valence-electron chi connectivity index (χ2n) is 5.10. The van der Waals surface area contributed by atoms with Crippen LogP contribution in [0.5, 0.6) is 0 Å². The predicted octanol–water partition coefficient (Wildman–Crippen LogP) is 3.46. The summed E-state index contributed by atoms with van der Waals surface area (Å²) in [7, 11) is 0. The molecular formula is C14H24F3N3. The maximum Gasteiger partial charge on any atom is 0.389 e. The van der Waals surface area contributed by atoms with E-state index in [-0.39, 0.29) is 12.5 Å². The Morgan fingerprint density at radius 2 is 2.05 bits per heavy atom. The Labute approximate surface area is 118 Å². The Kier molecular flexibility index (Phi) is 6.52. The van der Waals surface area contributed by atoms with E-state index in [9.17, 15) is 13.2 Å². The van der Waals surface area contributed by atoms with Crippen molar-refractivity contribution >= 4 is 0 Å². The molecule has 0 aliphatic rings. The quantitative estimate of drug-likeness (QED) is 0.795. The van der Waals surface area contributed by atoms with Gasteiger partial charge in [0.05, 0.1) is 5.69 Å². The summed E-state index contributed by atoms with van der Waals surface area (Å²) in [5.41, 5.74) is 1.91. The van der Waals surface area contributed by atoms with Crippen LogP contribution in [0.25, 0.3) is 0 Å². The monoisotopic (exact) mass is 291 g/mol. The number of alkyl halides is 3. The van der Waals surface area contributed by atoms with E-state index in [0.717, 1.165) is 30.9 Å². The standard InChI is InChI=1S/C14H24F3N3/c1-4-8-18-12(6-7-14(15,16)17)10-13-9-11(3)19-20(13)5-2/h9,12,18H,4-8,10H2,1-3H3. The normalized spacial score (nSPS) is 13.7. The van der Waals surface area contributed by atoms with E-state index >= 15 is 0 Å². The van der Waals surface area contributed by atoms with E-state index < -0.39 is 12.6 Å². The summed E-state index contributed by atoms with van der Waals surface area (Å²) in [6, 6.07) is 1.80. The highest BCUT2D eigenvalue weighted by atomic mass is 19.4. The first-order valence-electron chi connectivity index (χ1n) is 7.19. The Morgan fingerprint density at radius 3 is 2.60 bits per heavy atom. The molecule has 0 aliphatic heterocycles. The van der Waals surface area contributed by atoms with Crippen LogP contribution in [0.1, 0.15) is 44.5 Å². The number of aryl methyl sites for hydroxylation is 2. The zero-order valence-electron chi connectivity index (χ0n) is 12.4. The molecule has 1 N–H and O–H groups in total. The van der Waals surface area contributed by atoms with Gasteiger partial charge in [-0.25, -0.2) is 0 Å². The molecule has 0 saturated heterocycles. The maximum absolute atomic E-state index is 12.4. The van der Waals surface area contributed by atoms with Crippen LogP contribution in [0.3, 0.4) is 0 Å². The van der Waals surface area contributed by atoms with Gasteiger partial charge in [0.1, 0.15) is 0 Å². The van der Waals surface area contributed by atoms with Crippen LogP contribution in [0, 0.1) is 6.92 Å². The first-order valence-corrected chi connectivity index (χ1v) is 7.19. The average Bonchev–Trinajstić information content (AvgIpc) is 2.71. The maximum atomic E-state index is 12.4. The van der Waals surface area contributed by atoms with Gasteiger partial charge in [0.25, 0.3) is 0 Å². The molecule has 0 amide bonds. The van der Waals surface area contributed by atoms with E-state index in [1.807, 2.05) is 31.5 Å². The van der Waals surface area contributed by atoms with Crippen molar-refractivity contribution in [2.45, 2.75) is 65.2 Å². The van der Waals surface area contributed by atoms with Crippen LogP contribution in [0.15, 0.2) is 6.07 Å². The van der Waals surface area contributed by atoms with Gasteiger partial charge in [0.2, 0.25) is 0 Å². The van der Waals surface area contributed by atoms with Crippen molar-refractivity contribution in [1.82, 2.24) is 15.1 Å². The molecule has 0 bridgehead atoms. The van der Waals surface area contributed by atoms with E-state index in [1.54, 1.807) is 0 Å². The van der Waals surface area contributed by atoms with Crippen LogP contribution in [-0.2, 0) is 13.0 Å². The van der Waals surface area contributed by atoms with Crippen molar-refractivity contribution in [3.63, 3.8) is 0 Å². The summed E-state index contributed by atoms with van der Waals surface area (Å²) in [6.07, 6.45) is -3.22. The lowest BCUT2D eigenvalue weighted by atomic mass is 10.0. The van der Waals surface area contributed by atoms with E-state index in [2.05, 4.69) is 10.4 Å². The molecule has 1 unspecified atom stereocenters. The molecule has 1 heterocycles. The summed E-state index contributed by atoms with van der Waals surface area (Å²) < 4.78 is 39.0. The van der Waals surface area contributed by atoms with Gasteiger partial charge < -0.3 is 5.32 Å². The highest BCUT2D eigenvalue weighted by Crippen LogP contribution is 2.23. The van der Waals surface area contributed by atoms with Crippen molar-refractivity contribution in [3.8, 4) is 0 Å². The molecule has 1 rings (SSSR count). The van der Waals surface area contributed by atoms with Gasteiger partial charge in [-0.1, -0.05) is 6.92 Å². The topological polar surface area (TPSA) is 29.9 Å². The van der Waals surface area contributed by atoms with Gasteiger partial charge in [-0.15, -0.1) is 0 Å². The number of aromatic nitrogens is 2. The minimum absolute atomic E-state index is 0.109. The van der Waals surface area contributed by atoms with Crippen molar-refractivity contribution in [1.29, 1.82) is 0 Å². The van der Waals surface area contributed by atoms with Crippen molar-refractivity contribution in [2.75, 3.05) is 6.54 Å². The molecule has 1 aromatic heterocycles. The smallest absolute Gasteiger partial charge is 0.314 e. The van der Waals surface area contributed by atoms with Gasteiger partial charge in [-0.3, -0.25) is 4.68 Å². The predicted molar refractivity (Wildman–Crippen MR) is 73.7 cm³/mol. The summed E-state index contributed by atoms with van der Waals surface area (Å²) in [6.45, 7) is 7.37. The Balaban J connectivity index is 2.67.